The van der Waals surface area contributed by atoms with Crippen molar-refractivity contribution in [3.63, 3.8) is 0 Å². The lowest BCUT2D eigenvalue weighted by atomic mass is 10.00. The Hall–Kier alpha value is -4.93. The summed E-state index contributed by atoms with van der Waals surface area (Å²) < 4.78 is 30.3. The van der Waals surface area contributed by atoms with Gasteiger partial charge in [0.15, 0.2) is 11.5 Å². The lowest BCUT2D eigenvalue weighted by Crippen LogP contribution is -2.15. The molecule has 4 rings (SSSR count). The van der Waals surface area contributed by atoms with E-state index in [-0.39, 0.29) is 36.4 Å². The van der Waals surface area contributed by atoms with E-state index in [0.717, 1.165) is 11.1 Å². The number of benzene rings is 3. The summed E-state index contributed by atoms with van der Waals surface area (Å²) in [5, 5.41) is 12.8. The van der Waals surface area contributed by atoms with Crippen molar-refractivity contribution in [2.45, 2.75) is 25.7 Å². The summed E-state index contributed by atoms with van der Waals surface area (Å²) in [5.41, 5.74) is 1.80. The van der Waals surface area contributed by atoms with Crippen LogP contribution in [0, 0.1) is 5.82 Å². The van der Waals surface area contributed by atoms with Crippen LogP contribution in [0.1, 0.15) is 30.4 Å². The molecule has 1 heterocycles. The summed E-state index contributed by atoms with van der Waals surface area (Å²) in [5.74, 6) is -0.108. The maximum absolute atomic E-state index is 14.5. The molecule has 0 saturated heterocycles. The van der Waals surface area contributed by atoms with Crippen LogP contribution in [0.15, 0.2) is 59.5 Å². The first kappa shape index (κ1) is 28.1. The van der Waals surface area contributed by atoms with Crippen LogP contribution in [0.25, 0.3) is 10.8 Å². The molecule has 0 aliphatic rings. The van der Waals surface area contributed by atoms with E-state index < -0.39 is 11.7 Å². The first-order valence-electron chi connectivity index (χ1n) is 12.5. The summed E-state index contributed by atoms with van der Waals surface area (Å²) in [7, 11) is 4.44. The third-order valence-corrected chi connectivity index (χ3v) is 6.26. The summed E-state index contributed by atoms with van der Waals surface area (Å²) in [6.45, 7) is 0. The number of ether oxygens (including phenoxy) is 3. The van der Waals surface area contributed by atoms with E-state index in [9.17, 15) is 18.8 Å². The van der Waals surface area contributed by atoms with Crippen LogP contribution in [0.2, 0.25) is 0 Å². The van der Waals surface area contributed by atoms with E-state index in [4.69, 9.17) is 14.2 Å². The summed E-state index contributed by atoms with van der Waals surface area (Å²) in [6, 6.07) is 13.0. The molecule has 0 radical (unpaired) electrons. The Kier molecular flexibility index (Phi) is 8.95. The van der Waals surface area contributed by atoms with Crippen LogP contribution in [0.3, 0.4) is 0 Å². The minimum atomic E-state index is -0.576. The van der Waals surface area contributed by atoms with Crippen molar-refractivity contribution >= 4 is 34.0 Å². The second-order valence-electron chi connectivity index (χ2n) is 8.93. The van der Waals surface area contributed by atoms with Crippen molar-refractivity contribution in [2.75, 3.05) is 32.0 Å². The number of rotatable bonds is 11. The second-order valence-corrected chi connectivity index (χ2v) is 8.93. The molecular weight excluding hydrogens is 519 g/mol. The fraction of sp³-hybridized carbons (Fsp3) is 0.241. The number of hydrogen-bond acceptors (Lipinski definition) is 7. The third-order valence-electron chi connectivity index (χ3n) is 6.26. The molecule has 2 amide bonds. The van der Waals surface area contributed by atoms with Gasteiger partial charge in [-0.1, -0.05) is 18.2 Å². The first-order valence-corrected chi connectivity index (χ1v) is 12.5. The maximum Gasteiger partial charge on any atom is 0.272 e. The Labute approximate surface area is 229 Å². The average molecular weight is 549 g/mol. The highest BCUT2D eigenvalue weighted by molar-refractivity contribution is 5.93. The number of nitrogens with one attached hydrogen (secondary N) is 3. The zero-order valence-corrected chi connectivity index (χ0v) is 22.3. The van der Waals surface area contributed by atoms with Gasteiger partial charge < -0.3 is 24.8 Å². The number of fused-ring (bicyclic) bond motifs is 1. The molecule has 0 aliphatic carbocycles. The van der Waals surface area contributed by atoms with Gasteiger partial charge in [0.1, 0.15) is 5.82 Å². The maximum atomic E-state index is 14.5. The van der Waals surface area contributed by atoms with Gasteiger partial charge in [0, 0.05) is 36.0 Å². The highest BCUT2D eigenvalue weighted by atomic mass is 19.1. The molecule has 10 nitrogen and oxygen atoms in total. The Morgan fingerprint density at radius 1 is 0.900 bits per heavy atom. The molecule has 208 valence electrons. The van der Waals surface area contributed by atoms with E-state index in [1.165, 1.54) is 27.4 Å². The quantitative estimate of drug-likeness (QED) is 0.253. The van der Waals surface area contributed by atoms with Crippen LogP contribution in [-0.4, -0.2) is 43.3 Å². The number of aromatic nitrogens is 2. The highest BCUT2D eigenvalue weighted by Crippen LogP contribution is 2.40. The molecule has 0 unspecified atom stereocenters. The molecule has 0 fully saturated rings. The van der Waals surface area contributed by atoms with E-state index >= 15 is 0 Å². The molecule has 1 aromatic heterocycles. The fourth-order valence-electron chi connectivity index (χ4n) is 4.33. The van der Waals surface area contributed by atoms with Gasteiger partial charge >= 0.3 is 0 Å². The van der Waals surface area contributed by atoms with Gasteiger partial charge in [-0.05, 0) is 42.2 Å². The standard InChI is InChI=1S/C29H29FN4O6/c1-38-24-14-19(15-25(39-2)28(24)40-3)32-26(35)8-5-9-27(36)33-23-13-17(10-11-22(23)30)12-18-6-4-7-20-21(18)16-31-34-29(20)37/h4,6-7,10-11,13-16H,5,8-9,12H2,1-3H3,(H,32,35)(H,33,36)(H,34,37). The number of H-pyrrole nitrogens is 1. The molecule has 11 heteroatoms. The topological polar surface area (TPSA) is 132 Å². The number of halogens is 1. The van der Waals surface area contributed by atoms with Gasteiger partial charge in [0.25, 0.3) is 5.56 Å². The zero-order chi connectivity index (χ0) is 28.6. The molecule has 4 aromatic rings. The van der Waals surface area contributed by atoms with Gasteiger partial charge in [0.05, 0.1) is 38.6 Å². The first-order chi connectivity index (χ1) is 19.3. The third kappa shape index (κ3) is 6.55. The smallest absolute Gasteiger partial charge is 0.272 e. The van der Waals surface area contributed by atoms with Crippen LogP contribution in [0.5, 0.6) is 17.2 Å². The highest BCUT2D eigenvalue weighted by Gasteiger charge is 2.15. The van der Waals surface area contributed by atoms with Gasteiger partial charge in [0.2, 0.25) is 17.6 Å². The molecule has 0 saturated carbocycles. The second kappa shape index (κ2) is 12.7. The van der Waals surface area contributed by atoms with Crippen molar-refractivity contribution < 1.29 is 28.2 Å². The normalized spacial score (nSPS) is 10.7. The minimum absolute atomic E-state index is 0.0180. The number of nitrogens with zero attached hydrogens (tertiary/aromatic N) is 1. The largest absolute Gasteiger partial charge is 0.493 e. The molecule has 0 bridgehead atoms. The van der Waals surface area contributed by atoms with Crippen molar-refractivity contribution in [2.24, 2.45) is 0 Å². The van der Waals surface area contributed by atoms with Crippen LogP contribution < -0.4 is 30.4 Å². The zero-order valence-electron chi connectivity index (χ0n) is 22.3. The van der Waals surface area contributed by atoms with E-state index in [1.807, 2.05) is 6.07 Å². The molecule has 3 aromatic carbocycles. The molecule has 0 spiro atoms. The molecule has 0 atom stereocenters. The predicted octanol–water partition coefficient (Wildman–Crippen LogP) is 4.43. The van der Waals surface area contributed by atoms with Gasteiger partial charge in [-0.2, -0.15) is 5.10 Å². The Bertz CT molecular complexity index is 1580. The molecule has 40 heavy (non-hydrogen) atoms. The van der Waals surface area contributed by atoms with Gasteiger partial charge in [-0.3, -0.25) is 14.4 Å². The van der Waals surface area contributed by atoms with Crippen molar-refractivity contribution in [3.05, 3.63) is 82.0 Å². The Morgan fingerprint density at radius 2 is 1.60 bits per heavy atom. The van der Waals surface area contributed by atoms with Crippen molar-refractivity contribution in [1.82, 2.24) is 10.2 Å². The van der Waals surface area contributed by atoms with Crippen LogP contribution >= 0.6 is 0 Å². The van der Waals surface area contributed by atoms with Crippen molar-refractivity contribution in [1.29, 1.82) is 0 Å². The molecule has 3 N–H and O–H groups in total. The molecular formula is C29H29FN4O6. The number of anilines is 2. The Balaban J connectivity index is 1.34. The number of hydrogen-bond donors (Lipinski definition) is 3. The number of amides is 2. The average Bonchev–Trinajstić information content (AvgIpc) is 2.94. The number of aromatic amines is 1. The summed E-state index contributed by atoms with van der Waals surface area (Å²) in [6.07, 6.45) is 2.33. The van der Waals surface area contributed by atoms with Gasteiger partial charge in [-0.25, -0.2) is 9.49 Å². The van der Waals surface area contributed by atoms with E-state index in [0.29, 0.717) is 40.1 Å². The van der Waals surface area contributed by atoms with Crippen LogP contribution in [0.4, 0.5) is 15.8 Å². The van der Waals surface area contributed by atoms with Gasteiger partial charge in [-0.15, -0.1) is 0 Å². The lowest BCUT2D eigenvalue weighted by Gasteiger charge is -2.14. The fourth-order valence-corrected chi connectivity index (χ4v) is 4.33. The number of carbonyl (C=O) groups excluding carboxylic acids is 2. The number of carbonyl (C=O) groups is 2. The summed E-state index contributed by atoms with van der Waals surface area (Å²) in [4.78, 5) is 37.0. The summed E-state index contributed by atoms with van der Waals surface area (Å²) >= 11 is 0. The van der Waals surface area contributed by atoms with E-state index in [2.05, 4.69) is 20.8 Å². The minimum Gasteiger partial charge on any atom is -0.493 e. The SMILES string of the molecule is COc1cc(NC(=O)CCCC(=O)Nc2cc(Cc3cccc4c(=O)[nH]ncc34)ccc2F)cc(OC)c1OC. The Morgan fingerprint density at radius 3 is 2.27 bits per heavy atom. The van der Waals surface area contributed by atoms with Crippen LogP contribution in [-0.2, 0) is 16.0 Å². The van der Waals surface area contributed by atoms with Crippen molar-refractivity contribution in [3.8, 4) is 17.2 Å². The number of methoxy groups -OCH3 is 3. The monoisotopic (exact) mass is 548 g/mol. The molecule has 0 aliphatic heterocycles. The predicted molar refractivity (Wildman–Crippen MR) is 149 cm³/mol. The van der Waals surface area contributed by atoms with E-state index in [1.54, 1.807) is 42.6 Å². The lowest BCUT2D eigenvalue weighted by molar-refractivity contribution is -0.117.